The summed E-state index contributed by atoms with van der Waals surface area (Å²) in [6.07, 6.45) is 0. The van der Waals surface area contributed by atoms with Crippen LogP contribution in [0.3, 0.4) is 0 Å². The first-order chi connectivity index (χ1) is 8.33. The average molecular weight is 242 g/mol. The average Bonchev–Trinajstić information content (AvgIpc) is 2.41. The van der Waals surface area contributed by atoms with Crippen LogP contribution in [0.1, 0.15) is 17.0 Å². The van der Waals surface area contributed by atoms with Gasteiger partial charge < -0.3 is 4.74 Å². The second-order valence-electron chi connectivity index (χ2n) is 3.78. The molecule has 0 spiro atoms. The van der Waals surface area contributed by atoms with Crippen molar-refractivity contribution in [3.8, 4) is 0 Å². The lowest BCUT2D eigenvalue weighted by atomic mass is 9.92. The van der Waals surface area contributed by atoms with Crippen LogP contribution in [0, 0.1) is 0 Å². The molecule has 0 saturated carbocycles. The summed E-state index contributed by atoms with van der Waals surface area (Å²) in [5.41, 5.74) is 2.32. The molecule has 0 aliphatic carbocycles. The van der Waals surface area contributed by atoms with Crippen molar-refractivity contribution in [3.63, 3.8) is 0 Å². The largest absolute Gasteiger partial charge is 0.489 e. The van der Waals surface area contributed by atoms with Crippen molar-refractivity contribution < 1.29 is 4.74 Å². The summed E-state index contributed by atoms with van der Waals surface area (Å²) in [6.45, 7) is 0. The highest BCUT2D eigenvalue weighted by Crippen LogP contribution is 2.26. The van der Waals surface area contributed by atoms with Gasteiger partial charge in [-0.1, -0.05) is 60.7 Å². The second-order valence-corrected chi connectivity index (χ2v) is 4.18. The Hall–Kier alpha value is -1.67. The topological polar surface area (TPSA) is 9.23 Å². The molecular weight excluding hydrogens is 228 g/mol. The normalized spacial score (nSPS) is 10.2. The number of thiocarbonyl (C=S) groups is 1. The maximum Gasteiger partial charge on any atom is 0.171 e. The SMILES string of the molecule is COC(=S)C(c1ccccc1)c1ccccc1. The number of benzene rings is 2. The van der Waals surface area contributed by atoms with E-state index in [0.29, 0.717) is 5.05 Å². The molecule has 1 nitrogen and oxygen atoms in total. The van der Waals surface area contributed by atoms with Crippen LogP contribution in [-0.2, 0) is 4.74 Å². The van der Waals surface area contributed by atoms with E-state index in [-0.39, 0.29) is 5.92 Å². The summed E-state index contributed by atoms with van der Waals surface area (Å²) < 4.78 is 5.25. The fourth-order valence-corrected chi connectivity index (χ4v) is 2.15. The van der Waals surface area contributed by atoms with Crippen molar-refractivity contribution in [1.82, 2.24) is 0 Å². The number of hydrogen-bond acceptors (Lipinski definition) is 2. The quantitative estimate of drug-likeness (QED) is 0.757. The lowest BCUT2D eigenvalue weighted by Crippen LogP contribution is -2.13. The molecular formula is C15H14OS. The van der Waals surface area contributed by atoms with Crippen LogP contribution in [0.15, 0.2) is 60.7 Å². The third-order valence-electron chi connectivity index (χ3n) is 2.70. The molecule has 0 unspecified atom stereocenters. The predicted molar refractivity (Wildman–Crippen MR) is 74.3 cm³/mol. The Morgan fingerprint density at radius 2 is 1.29 bits per heavy atom. The number of ether oxygens (including phenoxy) is 1. The second kappa shape index (κ2) is 5.60. The van der Waals surface area contributed by atoms with E-state index in [4.69, 9.17) is 17.0 Å². The van der Waals surface area contributed by atoms with E-state index in [1.54, 1.807) is 7.11 Å². The Morgan fingerprint density at radius 3 is 1.65 bits per heavy atom. The van der Waals surface area contributed by atoms with E-state index in [1.807, 2.05) is 36.4 Å². The standard InChI is InChI=1S/C15H14OS/c1-16-15(17)14(12-8-4-2-5-9-12)13-10-6-3-7-11-13/h2-11,14H,1H3. The number of hydrogen-bond donors (Lipinski definition) is 0. The van der Waals surface area contributed by atoms with Gasteiger partial charge in [0.25, 0.3) is 0 Å². The zero-order chi connectivity index (χ0) is 12.1. The summed E-state index contributed by atoms with van der Waals surface area (Å²) in [4.78, 5) is 0. The summed E-state index contributed by atoms with van der Waals surface area (Å²) in [5.74, 6) is 0.0254. The highest BCUT2D eigenvalue weighted by atomic mass is 32.1. The fourth-order valence-electron chi connectivity index (χ4n) is 1.87. The Labute approximate surface area is 107 Å². The predicted octanol–water partition coefficient (Wildman–Crippen LogP) is 3.79. The monoisotopic (exact) mass is 242 g/mol. The minimum atomic E-state index is 0.0254. The molecule has 0 bridgehead atoms. The van der Waals surface area contributed by atoms with Crippen LogP contribution in [0.25, 0.3) is 0 Å². The van der Waals surface area contributed by atoms with Crippen LogP contribution in [0.4, 0.5) is 0 Å². The highest BCUT2D eigenvalue weighted by Gasteiger charge is 2.19. The number of rotatable bonds is 3. The third-order valence-corrected chi connectivity index (χ3v) is 3.11. The molecule has 0 aliphatic heterocycles. The van der Waals surface area contributed by atoms with Gasteiger partial charge in [0.15, 0.2) is 5.05 Å². The summed E-state index contributed by atoms with van der Waals surface area (Å²) in [5, 5.41) is 0.599. The molecule has 2 aromatic rings. The minimum Gasteiger partial charge on any atom is -0.489 e. The first-order valence-electron chi connectivity index (χ1n) is 5.50. The summed E-state index contributed by atoms with van der Waals surface area (Å²) >= 11 is 5.32. The van der Waals surface area contributed by atoms with Gasteiger partial charge in [-0.15, -0.1) is 0 Å². The molecule has 0 heterocycles. The smallest absolute Gasteiger partial charge is 0.171 e. The first-order valence-corrected chi connectivity index (χ1v) is 5.91. The molecule has 2 rings (SSSR count). The van der Waals surface area contributed by atoms with Crippen LogP contribution in [-0.4, -0.2) is 12.2 Å². The molecule has 0 atom stereocenters. The summed E-state index contributed by atoms with van der Waals surface area (Å²) in [6, 6.07) is 20.4. The molecule has 17 heavy (non-hydrogen) atoms. The fraction of sp³-hybridized carbons (Fsp3) is 0.133. The molecule has 0 aromatic heterocycles. The van der Waals surface area contributed by atoms with Gasteiger partial charge in [-0.05, 0) is 23.3 Å². The lowest BCUT2D eigenvalue weighted by Gasteiger charge is -2.17. The molecule has 2 aromatic carbocycles. The Bertz CT molecular complexity index is 439. The maximum atomic E-state index is 5.32. The molecule has 86 valence electrons. The van der Waals surface area contributed by atoms with E-state index >= 15 is 0 Å². The van der Waals surface area contributed by atoms with Gasteiger partial charge in [0.1, 0.15) is 0 Å². The van der Waals surface area contributed by atoms with Gasteiger partial charge in [0, 0.05) is 0 Å². The van der Waals surface area contributed by atoms with Crippen molar-refractivity contribution in [2.75, 3.05) is 7.11 Å². The van der Waals surface area contributed by atoms with E-state index in [0.717, 1.165) is 11.1 Å². The van der Waals surface area contributed by atoms with E-state index in [2.05, 4.69) is 24.3 Å². The molecule has 2 heteroatoms. The Kier molecular flexibility index (Phi) is 3.89. The molecule has 0 saturated heterocycles. The zero-order valence-electron chi connectivity index (χ0n) is 9.67. The Balaban J connectivity index is 2.43. The van der Waals surface area contributed by atoms with Crippen LogP contribution < -0.4 is 0 Å². The lowest BCUT2D eigenvalue weighted by molar-refractivity contribution is 0.400. The highest BCUT2D eigenvalue weighted by molar-refractivity contribution is 7.80. The van der Waals surface area contributed by atoms with E-state index < -0.39 is 0 Å². The van der Waals surface area contributed by atoms with Crippen molar-refractivity contribution >= 4 is 17.3 Å². The van der Waals surface area contributed by atoms with Crippen LogP contribution >= 0.6 is 12.2 Å². The van der Waals surface area contributed by atoms with Gasteiger partial charge in [-0.2, -0.15) is 0 Å². The minimum absolute atomic E-state index is 0.0254. The van der Waals surface area contributed by atoms with Gasteiger partial charge >= 0.3 is 0 Å². The molecule has 0 N–H and O–H groups in total. The third kappa shape index (κ3) is 2.71. The van der Waals surface area contributed by atoms with Crippen molar-refractivity contribution in [1.29, 1.82) is 0 Å². The van der Waals surface area contributed by atoms with Crippen molar-refractivity contribution in [2.24, 2.45) is 0 Å². The van der Waals surface area contributed by atoms with Crippen molar-refractivity contribution in [2.45, 2.75) is 5.92 Å². The number of methoxy groups -OCH3 is 1. The van der Waals surface area contributed by atoms with E-state index in [1.165, 1.54) is 0 Å². The van der Waals surface area contributed by atoms with Gasteiger partial charge in [-0.3, -0.25) is 0 Å². The first kappa shape index (κ1) is 11.8. The van der Waals surface area contributed by atoms with E-state index in [9.17, 15) is 0 Å². The molecule has 0 radical (unpaired) electrons. The van der Waals surface area contributed by atoms with Crippen LogP contribution in [0.5, 0.6) is 0 Å². The van der Waals surface area contributed by atoms with Crippen molar-refractivity contribution in [3.05, 3.63) is 71.8 Å². The summed E-state index contributed by atoms with van der Waals surface area (Å²) in [7, 11) is 1.63. The molecule has 0 fully saturated rings. The van der Waals surface area contributed by atoms with Gasteiger partial charge in [0.2, 0.25) is 0 Å². The Morgan fingerprint density at radius 1 is 0.882 bits per heavy atom. The molecule has 0 aliphatic rings. The van der Waals surface area contributed by atoms with Crippen LogP contribution in [0.2, 0.25) is 0 Å². The van der Waals surface area contributed by atoms with Gasteiger partial charge in [0.05, 0.1) is 13.0 Å². The molecule has 0 amide bonds. The zero-order valence-corrected chi connectivity index (χ0v) is 10.5. The van der Waals surface area contributed by atoms with Gasteiger partial charge in [-0.25, -0.2) is 0 Å². The maximum absolute atomic E-state index is 5.32.